The predicted molar refractivity (Wildman–Crippen MR) is 125 cm³/mol. The maximum Gasteiger partial charge on any atom is 0.308 e. The Kier molecular flexibility index (Phi) is 8.29. The zero-order valence-electron chi connectivity index (χ0n) is 19.7. The van der Waals surface area contributed by atoms with E-state index in [9.17, 15) is 24.8 Å². The summed E-state index contributed by atoms with van der Waals surface area (Å²) >= 11 is 0. The van der Waals surface area contributed by atoms with Crippen LogP contribution in [0.15, 0.2) is 18.2 Å². The van der Waals surface area contributed by atoms with Gasteiger partial charge in [-0.2, -0.15) is 0 Å². The summed E-state index contributed by atoms with van der Waals surface area (Å²) in [5, 5.41) is 23.5. The third-order valence-electron chi connectivity index (χ3n) is 7.02. The number of hydrogen-bond acceptors (Lipinski definition) is 6. The summed E-state index contributed by atoms with van der Waals surface area (Å²) in [4.78, 5) is 36.9. The molecular formula is C24H35N3O6. The number of benzene rings is 1. The van der Waals surface area contributed by atoms with Gasteiger partial charge in [0, 0.05) is 24.8 Å². The van der Waals surface area contributed by atoms with Crippen molar-refractivity contribution in [1.29, 1.82) is 0 Å². The Morgan fingerprint density at radius 3 is 2.70 bits per heavy atom. The number of hydrogen-bond donors (Lipinski definition) is 2. The minimum Gasteiger partial charge on any atom is -0.481 e. The van der Waals surface area contributed by atoms with Gasteiger partial charge in [0.1, 0.15) is 12.3 Å². The van der Waals surface area contributed by atoms with Crippen molar-refractivity contribution in [2.45, 2.75) is 59.0 Å². The number of carboxylic acid groups (broad SMARTS) is 1. The van der Waals surface area contributed by atoms with Crippen LogP contribution in [0.2, 0.25) is 0 Å². The smallest absolute Gasteiger partial charge is 0.308 e. The molecule has 33 heavy (non-hydrogen) atoms. The SMILES string of the molecule is CC(C)C1C(C)CCCC1OCC(=O)Nc1cc(N2CCCC(C(=O)O)C2)ccc1[N+](=O)[O-]. The van der Waals surface area contributed by atoms with E-state index in [1.165, 1.54) is 6.07 Å². The molecule has 2 aliphatic rings. The van der Waals surface area contributed by atoms with Gasteiger partial charge in [-0.25, -0.2) is 0 Å². The van der Waals surface area contributed by atoms with Crippen LogP contribution in [0.3, 0.4) is 0 Å². The highest BCUT2D eigenvalue weighted by Crippen LogP contribution is 2.37. The average Bonchev–Trinajstić information content (AvgIpc) is 2.77. The molecule has 1 saturated heterocycles. The van der Waals surface area contributed by atoms with Crippen molar-refractivity contribution in [3.8, 4) is 0 Å². The summed E-state index contributed by atoms with van der Waals surface area (Å²) in [6.45, 7) is 7.41. The van der Waals surface area contributed by atoms with Crippen molar-refractivity contribution in [2.75, 3.05) is 29.9 Å². The number of nitro benzene ring substituents is 1. The zero-order chi connectivity index (χ0) is 24.1. The lowest BCUT2D eigenvalue weighted by atomic mass is 9.72. The lowest BCUT2D eigenvalue weighted by Gasteiger charge is -2.38. The Morgan fingerprint density at radius 1 is 1.27 bits per heavy atom. The number of rotatable bonds is 8. The summed E-state index contributed by atoms with van der Waals surface area (Å²) < 4.78 is 5.99. The summed E-state index contributed by atoms with van der Waals surface area (Å²) in [7, 11) is 0. The number of amides is 1. The highest BCUT2D eigenvalue weighted by atomic mass is 16.6. The minimum atomic E-state index is -0.844. The zero-order valence-corrected chi connectivity index (χ0v) is 19.7. The Balaban J connectivity index is 1.69. The van der Waals surface area contributed by atoms with Crippen LogP contribution >= 0.6 is 0 Å². The van der Waals surface area contributed by atoms with Gasteiger partial charge in [-0.3, -0.25) is 19.7 Å². The number of carbonyl (C=O) groups excluding carboxylic acids is 1. The fourth-order valence-corrected chi connectivity index (χ4v) is 5.44. The molecule has 1 aliphatic heterocycles. The van der Waals surface area contributed by atoms with Gasteiger partial charge < -0.3 is 20.1 Å². The predicted octanol–water partition coefficient (Wildman–Crippen LogP) is 4.31. The van der Waals surface area contributed by atoms with Crippen LogP contribution in [-0.2, 0) is 14.3 Å². The largest absolute Gasteiger partial charge is 0.481 e. The van der Waals surface area contributed by atoms with E-state index in [-0.39, 0.29) is 24.1 Å². The van der Waals surface area contributed by atoms with E-state index in [0.29, 0.717) is 43.0 Å². The molecule has 4 atom stereocenters. The molecule has 4 unspecified atom stereocenters. The normalized spacial score (nSPS) is 25.6. The van der Waals surface area contributed by atoms with Crippen LogP contribution in [0.5, 0.6) is 0 Å². The highest BCUT2D eigenvalue weighted by Gasteiger charge is 2.34. The first-order valence-corrected chi connectivity index (χ1v) is 11.8. The van der Waals surface area contributed by atoms with E-state index in [1.807, 2.05) is 4.90 Å². The molecule has 0 spiro atoms. The number of piperidine rings is 1. The van der Waals surface area contributed by atoms with Crippen molar-refractivity contribution in [2.24, 2.45) is 23.7 Å². The first kappa shape index (κ1) is 25.0. The maximum atomic E-state index is 12.7. The van der Waals surface area contributed by atoms with Gasteiger partial charge in [0.05, 0.1) is 16.9 Å². The van der Waals surface area contributed by atoms with Gasteiger partial charge in [-0.15, -0.1) is 0 Å². The molecule has 1 aromatic carbocycles. The minimum absolute atomic E-state index is 0.00196. The molecule has 2 fully saturated rings. The van der Waals surface area contributed by atoms with E-state index in [4.69, 9.17) is 4.74 Å². The highest BCUT2D eigenvalue weighted by molar-refractivity contribution is 5.94. The molecule has 0 radical (unpaired) electrons. The Labute approximate surface area is 194 Å². The van der Waals surface area contributed by atoms with E-state index in [2.05, 4.69) is 26.1 Å². The number of aliphatic carboxylic acids is 1. The van der Waals surface area contributed by atoms with Crippen molar-refractivity contribution in [3.05, 3.63) is 28.3 Å². The Bertz CT molecular complexity index is 874. The molecule has 1 aliphatic carbocycles. The van der Waals surface area contributed by atoms with Crippen molar-refractivity contribution < 1.29 is 24.4 Å². The van der Waals surface area contributed by atoms with E-state index >= 15 is 0 Å². The number of nitrogens with zero attached hydrogens (tertiary/aromatic N) is 2. The Hall–Kier alpha value is -2.68. The lowest BCUT2D eigenvalue weighted by molar-refractivity contribution is -0.383. The summed E-state index contributed by atoms with van der Waals surface area (Å²) in [5.74, 6) is -0.395. The van der Waals surface area contributed by atoms with E-state index < -0.39 is 22.7 Å². The first-order chi connectivity index (χ1) is 15.7. The van der Waals surface area contributed by atoms with Crippen LogP contribution in [0.25, 0.3) is 0 Å². The topological polar surface area (TPSA) is 122 Å². The monoisotopic (exact) mass is 461 g/mol. The second kappa shape index (κ2) is 11.0. The Morgan fingerprint density at radius 2 is 2.03 bits per heavy atom. The number of ether oxygens (including phenoxy) is 1. The van der Waals surface area contributed by atoms with Crippen LogP contribution in [0.1, 0.15) is 52.9 Å². The molecule has 1 heterocycles. The number of nitrogens with one attached hydrogen (secondary N) is 1. The molecular weight excluding hydrogens is 426 g/mol. The fraction of sp³-hybridized carbons (Fsp3) is 0.667. The van der Waals surface area contributed by atoms with Crippen LogP contribution in [-0.4, -0.2) is 47.7 Å². The van der Waals surface area contributed by atoms with Gasteiger partial charge in [-0.05, 0) is 49.1 Å². The van der Waals surface area contributed by atoms with Crippen LogP contribution in [0.4, 0.5) is 17.1 Å². The van der Waals surface area contributed by atoms with Crippen LogP contribution in [0, 0.1) is 33.8 Å². The van der Waals surface area contributed by atoms with Gasteiger partial charge in [-0.1, -0.05) is 33.6 Å². The number of nitro groups is 1. The van der Waals surface area contributed by atoms with Crippen molar-refractivity contribution in [1.82, 2.24) is 0 Å². The fourth-order valence-electron chi connectivity index (χ4n) is 5.44. The first-order valence-electron chi connectivity index (χ1n) is 11.8. The standard InChI is InChI=1S/C24H35N3O6/c1-15(2)23-16(3)6-4-8-21(23)33-14-22(28)25-19-12-18(9-10-20(19)27(31)32)26-11-5-7-17(13-26)24(29)30/h9-10,12,15-17,21,23H,4-8,11,13-14H2,1-3H3,(H,25,28)(H,29,30). The average molecular weight is 462 g/mol. The molecule has 0 aromatic heterocycles. The molecule has 3 rings (SSSR count). The molecule has 9 nitrogen and oxygen atoms in total. The second-order valence-corrected chi connectivity index (χ2v) is 9.71. The van der Waals surface area contributed by atoms with E-state index in [1.54, 1.807) is 12.1 Å². The van der Waals surface area contributed by atoms with Crippen molar-refractivity contribution >= 4 is 28.9 Å². The van der Waals surface area contributed by atoms with Crippen molar-refractivity contribution in [3.63, 3.8) is 0 Å². The van der Waals surface area contributed by atoms with Gasteiger partial charge in [0.15, 0.2) is 0 Å². The van der Waals surface area contributed by atoms with Gasteiger partial charge in [0.2, 0.25) is 0 Å². The molecule has 1 amide bonds. The van der Waals surface area contributed by atoms with Crippen LogP contribution < -0.4 is 10.2 Å². The quantitative estimate of drug-likeness (QED) is 0.437. The third-order valence-corrected chi connectivity index (χ3v) is 7.02. The van der Waals surface area contributed by atoms with E-state index in [0.717, 1.165) is 25.7 Å². The summed E-state index contributed by atoms with van der Waals surface area (Å²) in [6, 6.07) is 4.51. The molecule has 1 saturated carbocycles. The molecule has 182 valence electrons. The molecule has 2 N–H and O–H groups in total. The van der Waals surface area contributed by atoms with Gasteiger partial charge in [0.25, 0.3) is 11.6 Å². The second-order valence-electron chi connectivity index (χ2n) is 9.71. The number of anilines is 2. The number of carboxylic acids is 1. The summed E-state index contributed by atoms with van der Waals surface area (Å²) in [6.07, 6.45) is 4.47. The maximum absolute atomic E-state index is 12.7. The number of carbonyl (C=O) groups is 2. The third kappa shape index (κ3) is 6.22. The molecule has 9 heteroatoms. The molecule has 0 bridgehead atoms. The summed E-state index contributed by atoms with van der Waals surface area (Å²) in [5.41, 5.74) is 0.551. The molecule has 1 aromatic rings. The lowest BCUT2D eigenvalue weighted by Crippen LogP contribution is -2.39. The van der Waals surface area contributed by atoms with Gasteiger partial charge >= 0.3 is 5.97 Å².